The van der Waals surface area contributed by atoms with Crippen LogP contribution in [0, 0.1) is 6.92 Å². The SMILES string of the molecule is CCOCCCNC(=NCC(=O)N(C)C)N1CCN(c2cccc(C)c2)CC1.I. The molecule has 0 saturated carbocycles. The molecule has 1 N–H and O–H groups in total. The third-order valence-electron chi connectivity index (χ3n) is 4.76. The number of rotatable bonds is 8. The minimum atomic E-state index is 0. The number of nitrogens with zero attached hydrogens (tertiary/aromatic N) is 4. The lowest BCUT2D eigenvalue weighted by atomic mass is 10.2. The van der Waals surface area contributed by atoms with Crippen molar-refractivity contribution in [2.45, 2.75) is 20.3 Å². The Hall–Kier alpha value is -1.55. The molecule has 1 aromatic rings. The molecule has 0 radical (unpaired) electrons. The first-order chi connectivity index (χ1) is 13.5. The van der Waals surface area contributed by atoms with Crippen molar-refractivity contribution < 1.29 is 9.53 Å². The molecule has 164 valence electrons. The summed E-state index contributed by atoms with van der Waals surface area (Å²) in [7, 11) is 3.52. The molecule has 8 heteroatoms. The molecule has 1 aliphatic rings. The summed E-state index contributed by atoms with van der Waals surface area (Å²) in [5.74, 6) is 0.822. The number of benzene rings is 1. The number of carbonyl (C=O) groups is 1. The van der Waals surface area contributed by atoms with Crippen LogP contribution in [0.4, 0.5) is 5.69 Å². The number of halogens is 1. The Morgan fingerprint density at radius 1 is 1.24 bits per heavy atom. The van der Waals surface area contributed by atoms with E-state index in [4.69, 9.17) is 4.74 Å². The van der Waals surface area contributed by atoms with Crippen molar-refractivity contribution in [3.63, 3.8) is 0 Å². The van der Waals surface area contributed by atoms with Crippen LogP contribution in [-0.2, 0) is 9.53 Å². The van der Waals surface area contributed by atoms with Gasteiger partial charge in [-0.2, -0.15) is 0 Å². The first-order valence-electron chi connectivity index (χ1n) is 10.1. The fraction of sp³-hybridized carbons (Fsp3) is 0.619. The van der Waals surface area contributed by atoms with Crippen LogP contribution in [0.2, 0.25) is 0 Å². The average Bonchev–Trinajstić information content (AvgIpc) is 2.70. The van der Waals surface area contributed by atoms with Crippen LogP contribution in [0.3, 0.4) is 0 Å². The number of likely N-dealkylation sites (N-methyl/N-ethyl adjacent to an activating group) is 1. The van der Waals surface area contributed by atoms with Gasteiger partial charge in [0.2, 0.25) is 5.91 Å². The fourth-order valence-corrected chi connectivity index (χ4v) is 3.07. The molecule has 0 atom stereocenters. The molecule has 0 spiro atoms. The van der Waals surface area contributed by atoms with E-state index in [1.807, 2.05) is 6.92 Å². The van der Waals surface area contributed by atoms with Gasteiger partial charge in [-0.15, -0.1) is 24.0 Å². The molecule has 1 aromatic carbocycles. The second-order valence-corrected chi connectivity index (χ2v) is 7.22. The number of nitrogens with one attached hydrogen (secondary N) is 1. The van der Waals surface area contributed by atoms with Crippen molar-refractivity contribution >= 4 is 41.5 Å². The Labute approximate surface area is 192 Å². The smallest absolute Gasteiger partial charge is 0.243 e. The number of aliphatic imine (C=N–C) groups is 1. The van der Waals surface area contributed by atoms with Crippen molar-refractivity contribution in [3.05, 3.63) is 29.8 Å². The molecule has 0 bridgehead atoms. The number of ether oxygens (including phenoxy) is 1. The molecule has 0 unspecified atom stereocenters. The molecule has 1 aliphatic heterocycles. The van der Waals surface area contributed by atoms with E-state index in [0.717, 1.165) is 58.3 Å². The quantitative estimate of drug-likeness (QED) is 0.248. The number of hydrogen-bond acceptors (Lipinski definition) is 4. The van der Waals surface area contributed by atoms with Gasteiger partial charge in [0.25, 0.3) is 0 Å². The lowest BCUT2D eigenvalue weighted by Gasteiger charge is -2.38. The van der Waals surface area contributed by atoms with E-state index in [2.05, 4.69) is 51.3 Å². The maximum Gasteiger partial charge on any atom is 0.243 e. The molecule has 0 aliphatic carbocycles. The van der Waals surface area contributed by atoms with Gasteiger partial charge in [-0.1, -0.05) is 12.1 Å². The minimum absolute atomic E-state index is 0. The molecule has 0 aromatic heterocycles. The van der Waals surface area contributed by atoms with Gasteiger partial charge in [-0.3, -0.25) is 4.79 Å². The second-order valence-electron chi connectivity index (χ2n) is 7.22. The third kappa shape index (κ3) is 8.77. The van der Waals surface area contributed by atoms with Crippen LogP contribution >= 0.6 is 24.0 Å². The van der Waals surface area contributed by atoms with E-state index < -0.39 is 0 Å². The predicted octanol–water partition coefficient (Wildman–Crippen LogP) is 2.20. The highest BCUT2D eigenvalue weighted by Gasteiger charge is 2.20. The number of anilines is 1. The monoisotopic (exact) mass is 517 g/mol. The summed E-state index contributed by atoms with van der Waals surface area (Å²) in [6.07, 6.45) is 0.914. The molecule has 7 nitrogen and oxygen atoms in total. The van der Waals surface area contributed by atoms with Gasteiger partial charge in [-0.25, -0.2) is 4.99 Å². The van der Waals surface area contributed by atoms with Crippen molar-refractivity contribution in [1.29, 1.82) is 0 Å². The van der Waals surface area contributed by atoms with Crippen LogP contribution in [0.25, 0.3) is 0 Å². The Morgan fingerprint density at radius 3 is 2.59 bits per heavy atom. The van der Waals surface area contributed by atoms with E-state index in [9.17, 15) is 4.79 Å². The first kappa shape index (κ1) is 25.5. The number of piperazine rings is 1. The number of carbonyl (C=O) groups excluding carboxylic acids is 1. The summed E-state index contributed by atoms with van der Waals surface area (Å²) in [5, 5.41) is 3.41. The number of guanidine groups is 1. The molecule has 1 fully saturated rings. The topological polar surface area (TPSA) is 60.4 Å². The molecule has 1 heterocycles. The van der Waals surface area contributed by atoms with Gasteiger partial charge in [0.15, 0.2) is 5.96 Å². The van der Waals surface area contributed by atoms with Gasteiger partial charge in [0.05, 0.1) is 0 Å². The van der Waals surface area contributed by atoms with Crippen molar-refractivity contribution in [1.82, 2.24) is 15.1 Å². The van der Waals surface area contributed by atoms with Gasteiger partial charge in [0, 0.05) is 65.7 Å². The second kappa shape index (κ2) is 13.6. The third-order valence-corrected chi connectivity index (χ3v) is 4.76. The van der Waals surface area contributed by atoms with Gasteiger partial charge >= 0.3 is 0 Å². The molecule has 1 amide bonds. The highest BCUT2D eigenvalue weighted by atomic mass is 127. The number of hydrogen-bond donors (Lipinski definition) is 1. The first-order valence-corrected chi connectivity index (χ1v) is 10.1. The standard InChI is InChI=1S/C21H35N5O2.HI/c1-5-28-15-7-10-22-21(23-17-20(27)24(3)4)26-13-11-25(12-14-26)19-9-6-8-18(2)16-19;/h6,8-9,16H,5,7,10-15,17H2,1-4H3,(H,22,23);1H. The Morgan fingerprint density at radius 2 is 1.97 bits per heavy atom. The lowest BCUT2D eigenvalue weighted by Crippen LogP contribution is -2.53. The van der Waals surface area contributed by atoms with Crippen molar-refractivity contribution in [2.24, 2.45) is 4.99 Å². The fourth-order valence-electron chi connectivity index (χ4n) is 3.07. The normalized spacial score (nSPS) is 14.4. The summed E-state index contributed by atoms with van der Waals surface area (Å²) in [4.78, 5) is 22.8. The highest BCUT2D eigenvalue weighted by molar-refractivity contribution is 14.0. The van der Waals surface area contributed by atoms with E-state index in [-0.39, 0.29) is 36.4 Å². The summed E-state index contributed by atoms with van der Waals surface area (Å²) in [5.41, 5.74) is 2.55. The molecule has 1 saturated heterocycles. The Balaban J connectivity index is 0.00000420. The molecular weight excluding hydrogens is 481 g/mol. The minimum Gasteiger partial charge on any atom is -0.382 e. The van der Waals surface area contributed by atoms with E-state index in [1.165, 1.54) is 11.3 Å². The van der Waals surface area contributed by atoms with Crippen LogP contribution in [0.1, 0.15) is 18.9 Å². The predicted molar refractivity (Wildman–Crippen MR) is 130 cm³/mol. The largest absolute Gasteiger partial charge is 0.382 e. The molecule has 2 rings (SSSR count). The summed E-state index contributed by atoms with van der Waals surface area (Å²) in [6, 6.07) is 8.63. The van der Waals surface area contributed by atoms with Crippen LogP contribution < -0.4 is 10.2 Å². The Bertz CT molecular complexity index is 646. The molecule has 29 heavy (non-hydrogen) atoms. The maximum atomic E-state index is 12.0. The number of amides is 1. The zero-order chi connectivity index (χ0) is 20.4. The van der Waals surface area contributed by atoms with Gasteiger partial charge in [0.1, 0.15) is 6.54 Å². The maximum absolute atomic E-state index is 12.0. The van der Waals surface area contributed by atoms with Crippen molar-refractivity contribution in [2.75, 3.05) is 71.5 Å². The van der Waals surface area contributed by atoms with Gasteiger partial charge < -0.3 is 24.8 Å². The van der Waals surface area contributed by atoms with E-state index >= 15 is 0 Å². The van der Waals surface area contributed by atoms with E-state index in [0.29, 0.717) is 0 Å². The van der Waals surface area contributed by atoms with E-state index in [1.54, 1.807) is 19.0 Å². The van der Waals surface area contributed by atoms with Crippen LogP contribution in [0.15, 0.2) is 29.3 Å². The highest BCUT2D eigenvalue weighted by Crippen LogP contribution is 2.17. The summed E-state index contributed by atoms with van der Waals surface area (Å²) >= 11 is 0. The molecular formula is C21H36IN5O2. The summed E-state index contributed by atoms with van der Waals surface area (Å²) < 4.78 is 5.40. The Kier molecular flexibility index (Phi) is 12.0. The van der Waals surface area contributed by atoms with Crippen LogP contribution in [0.5, 0.6) is 0 Å². The van der Waals surface area contributed by atoms with Gasteiger partial charge in [-0.05, 0) is 38.0 Å². The van der Waals surface area contributed by atoms with Crippen LogP contribution in [-0.4, -0.2) is 88.2 Å². The zero-order valence-corrected chi connectivity index (χ0v) is 20.5. The lowest BCUT2D eigenvalue weighted by molar-refractivity contribution is -0.127. The summed E-state index contributed by atoms with van der Waals surface area (Å²) in [6.45, 7) is 10.2. The average molecular weight is 517 g/mol. The number of aryl methyl sites for hydroxylation is 1. The zero-order valence-electron chi connectivity index (χ0n) is 18.2. The van der Waals surface area contributed by atoms with Crippen molar-refractivity contribution in [3.8, 4) is 0 Å².